The molecule has 0 aliphatic heterocycles. The fourth-order valence-electron chi connectivity index (χ4n) is 4.08. The zero-order valence-electron chi connectivity index (χ0n) is 15.1. The highest BCUT2D eigenvalue weighted by molar-refractivity contribution is 4.97. The smallest absolute Gasteiger partial charge is 0.0255 e. The second kappa shape index (κ2) is 7.97. The summed E-state index contributed by atoms with van der Waals surface area (Å²) in [7, 11) is 0. The van der Waals surface area contributed by atoms with Gasteiger partial charge in [-0.3, -0.25) is 4.90 Å². The fraction of sp³-hybridized carbons (Fsp3) is 1.00. The van der Waals surface area contributed by atoms with E-state index in [2.05, 4.69) is 44.8 Å². The standard InChI is InChI=1S/C19H38N2/c1-6-20-18-10-7-16(15(4)5)13-19(18)21(17-8-9-17)12-11-14(2)3/h14-20H,6-13H2,1-5H3. The molecule has 0 radical (unpaired) electrons. The van der Waals surface area contributed by atoms with Gasteiger partial charge in [-0.25, -0.2) is 0 Å². The van der Waals surface area contributed by atoms with Crippen molar-refractivity contribution in [3.8, 4) is 0 Å². The summed E-state index contributed by atoms with van der Waals surface area (Å²) in [6.07, 6.45) is 8.47. The molecular formula is C19H38N2. The van der Waals surface area contributed by atoms with Gasteiger partial charge in [-0.2, -0.15) is 0 Å². The second-order valence-electron chi connectivity index (χ2n) is 8.20. The van der Waals surface area contributed by atoms with Gasteiger partial charge in [0.1, 0.15) is 0 Å². The van der Waals surface area contributed by atoms with Crippen molar-refractivity contribution in [2.75, 3.05) is 13.1 Å². The van der Waals surface area contributed by atoms with E-state index in [0.717, 1.165) is 42.4 Å². The van der Waals surface area contributed by atoms with Gasteiger partial charge in [-0.05, 0) is 69.4 Å². The van der Waals surface area contributed by atoms with E-state index in [1.54, 1.807) is 0 Å². The van der Waals surface area contributed by atoms with Crippen molar-refractivity contribution >= 4 is 0 Å². The van der Waals surface area contributed by atoms with Crippen LogP contribution < -0.4 is 5.32 Å². The molecular weight excluding hydrogens is 256 g/mol. The first-order valence-electron chi connectivity index (χ1n) is 9.52. The van der Waals surface area contributed by atoms with Crippen molar-refractivity contribution in [1.29, 1.82) is 0 Å². The summed E-state index contributed by atoms with van der Waals surface area (Å²) in [6.45, 7) is 14.3. The van der Waals surface area contributed by atoms with Gasteiger partial charge in [0.25, 0.3) is 0 Å². The van der Waals surface area contributed by atoms with Crippen molar-refractivity contribution < 1.29 is 0 Å². The van der Waals surface area contributed by atoms with Crippen LogP contribution in [0, 0.1) is 17.8 Å². The van der Waals surface area contributed by atoms with Crippen LogP contribution in [0.15, 0.2) is 0 Å². The molecule has 0 amide bonds. The molecule has 21 heavy (non-hydrogen) atoms. The average Bonchev–Trinajstić information content (AvgIpc) is 3.25. The van der Waals surface area contributed by atoms with Crippen LogP contribution in [-0.2, 0) is 0 Å². The molecule has 0 spiro atoms. The lowest BCUT2D eigenvalue weighted by Gasteiger charge is -2.44. The Bertz CT molecular complexity index is 296. The van der Waals surface area contributed by atoms with Crippen LogP contribution in [0.2, 0.25) is 0 Å². The Balaban J connectivity index is 2.03. The lowest BCUT2D eigenvalue weighted by Crippen LogP contribution is -2.54. The number of nitrogens with one attached hydrogen (secondary N) is 1. The maximum absolute atomic E-state index is 3.80. The Kier molecular flexibility index (Phi) is 6.55. The van der Waals surface area contributed by atoms with Crippen LogP contribution >= 0.6 is 0 Å². The third-order valence-electron chi connectivity index (χ3n) is 5.67. The zero-order chi connectivity index (χ0) is 15.4. The molecule has 0 heterocycles. The van der Waals surface area contributed by atoms with E-state index < -0.39 is 0 Å². The lowest BCUT2D eigenvalue weighted by atomic mass is 9.76. The predicted octanol–water partition coefficient (Wildman–Crippen LogP) is 4.30. The van der Waals surface area contributed by atoms with E-state index in [4.69, 9.17) is 0 Å². The van der Waals surface area contributed by atoms with E-state index in [0.29, 0.717) is 0 Å². The minimum absolute atomic E-state index is 0.734. The van der Waals surface area contributed by atoms with Crippen LogP contribution in [0.25, 0.3) is 0 Å². The molecule has 124 valence electrons. The summed E-state index contributed by atoms with van der Waals surface area (Å²) < 4.78 is 0. The summed E-state index contributed by atoms with van der Waals surface area (Å²) in [5.41, 5.74) is 0. The third kappa shape index (κ3) is 4.96. The van der Waals surface area contributed by atoms with Crippen LogP contribution in [0.1, 0.15) is 73.1 Å². The Hall–Kier alpha value is -0.0800. The first-order chi connectivity index (χ1) is 10.0. The fourth-order valence-corrected chi connectivity index (χ4v) is 4.08. The quantitative estimate of drug-likeness (QED) is 0.718. The van der Waals surface area contributed by atoms with Crippen LogP contribution in [0.5, 0.6) is 0 Å². The third-order valence-corrected chi connectivity index (χ3v) is 5.67. The molecule has 0 aromatic rings. The van der Waals surface area contributed by atoms with Gasteiger partial charge < -0.3 is 5.32 Å². The average molecular weight is 295 g/mol. The first kappa shape index (κ1) is 17.3. The zero-order valence-corrected chi connectivity index (χ0v) is 15.1. The highest BCUT2D eigenvalue weighted by atomic mass is 15.2. The van der Waals surface area contributed by atoms with Crippen molar-refractivity contribution in [3.05, 3.63) is 0 Å². The highest BCUT2D eigenvalue weighted by Crippen LogP contribution is 2.38. The molecule has 1 N–H and O–H groups in total. The molecule has 2 fully saturated rings. The molecule has 3 unspecified atom stereocenters. The molecule has 0 aromatic carbocycles. The summed E-state index contributed by atoms with van der Waals surface area (Å²) in [6, 6.07) is 2.43. The van der Waals surface area contributed by atoms with Crippen molar-refractivity contribution in [1.82, 2.24) is 10.2 Å². The van der Waals surface area contributed by atoms with Gasteiger partial charge in [-0.15, -0.1) is 0 Å². The van der Waals surface area contributed by atoms with Gasteiger partial charge in [0.05, 0.1) is 0 Å². The molecule has 2 heteroatoms. The Morgan fingerprint density at radius 3 is 2.29 bits per heavy atom. The molecule has 2 rings (SSSR count). The molecule has 2 saturated carbocycles. The maximum Gasteiger partial charge on any atom is 0.0255 e. The topological polar surface area (TPSA) is 15.3 Å². The number of hydrogen-bond acceptors (Lipinski definition) is 2. The molecule has 2 nitrogen and oxygen atoms in total. The number of likely N-dealkylation sites (N-methyl/N-ethyl adjacent to an activating group) is 1. The number of nitrogens with zero attached hydrogens (tertiary/aromatic N) is 1. The van der Waals surface area contributed by atoms with E-state index in [1.165, 1.54) is 45.1 Å². The summed E-state index contributed by atoms with van der Waals surface area (Å²) in [5.74, 6) is 2.61. The minimum Gasteiger partial charge on any atom is -0.313 e. The summed E-state index contributed by atoms with van der Waals surface area (Å²) >= 11 is 0. The molecule has 3 atom stereocenters. The van der Waals surface area contributed by atoms with Crippen LogP contribution in [0.3, 0.4) is 0 Å². The monoisotopic (exact) mass is 294 g/mol. The largest absolute Gasteiger partial charge is 0.313 e. The Morgan fingerprint density at radius 1 is 1.05 bits per heavy atom. The first-order valence-corrected chi connectivity index (χ1v) is 9.52. The van der Waals surface area contributed by atoms with Crippen molar-refractivity contribution in [2.24, 2.45) is 17.8 Å². The lowest BCUT2D eigenvalue weighted by molar-refractivity contribution is 0.0735. The summed E-state index contributed by atoms with van der Waals surface area (Å²) in [5, 5.41) is 3.80. The SMILES string of the molecule is CCNC1CCC(C(C)C)CC1N(CCC(C)C)C1CC1. The molecule has 2 aliphatic rings. The Labute approximate surface area is 133 Å². The van der Waals surface area contributed by atoms with Gasteiger partial charge in [0.2, 0.25) is 0 Å². The van der Waals surface area contributed by atoms with Crippen molar-refractivity contribution in [3.63, 3.8) is 0 Å². The predicted molar refractivity (Wildman–Crippen MR) is 92.6 cm³/mol. The van der Waals surface area contributed by atoms with Crippen LogP contribution in [-0.4, -0.2) is 36.1 Å². The van der Waals surface area contributed by atoms with E-state index in [1.807, 2.05) is 0 Å². The van der Waals surface area contributed by atoms with Gasteiger partial charge in [-0.1, -0.05) is 34.6 Å². The van der Waals surface area contributed by atoms with Crippen LogP contribution in [0.4, 0.5) is 0 Å². The second-order valence-corrected chi connectivity index (χ2v) is 8.20. The maximum atomic E-state index is 3.80. The molecule has 0 aromatic heterocycles. The summed E-state index contributed by atoms with van der Waals surface area (Å²) in [4.78, 5) is 2.90. The minimum atomic E-state index is 0.734. The van der Waals surface area contributed by atoms with Gasteiger partial charge in [0.15, 0.2) is 0 Å². The highest BCUT2D eigenvalue weighted by Gasteiger charge is 2.40. The van der Waals surface area contributed by atoms with E-state index >= 15 is 0 Å². The van der Waals surface area contributed by atoms with Gasteiger partial charge >= 0.3 is 0 Å². The number of hydrogen-bond donors (Lipinski definition) is 1. The molecule has 0 bridgehead atoms. The Morgan fingerprint density at radius 2 is 1.76 bits per heavy atom. The normalized spacial score (nSPS) is 30.6. The van der Waals surface area contributed by atoms with E-state index in [-0.39, 0.29) is 0 Å². The van der Waals surface area contributed by atoms with E-state index in [9.17, 15) is 0 Å². The molecule has 0 saturated heterocycles. The molecule has 2 aliphatic carbocycles. The number of rotatable bonds is 8. The van der Waals surface area contributed by atoms with Gasteiger partial charge in [0, 0.05) is 18.1 Å². The van der Waals surface area contributed by atoms with Crippen molar-refractivity contribution in [2.45, 2.75) is 91.3 Å².